The molecule has 0 aliphatic rings. The van der Waals surface area contributed by atoms with Crippen molar-refractivity contribution in [3.8, 4) is 22.3 Å². The Morgan fingerprint density at radius 3 is 1.90 bits per heavy atom. The molecule has 0 aromatic heterocycles. The summed E-state index contributed by atoms with van der Waals surface area (Å²) in [5.74, 6) is 0. The summed E-state index contributed by atoms with van der Waals surface area (Å²) < 4.78 is 0. The Bertz CT molecular complexity index is 1570. The Morgan fingerprint density at radius 2 is 1.06 bits per heavy atom. The standard InChI is InChI=1S/C30H19Cl/c31-24-15-12-20(13-16-24)22-14-17-26-23(18-22)19-30(29-10-4-3-9-27(26)29)28-11-5-7-21-6-1-2-8-25(21)28/h1-19H. The molecule has 0 saturated heterocycles. The molecule has 31 heavy (non-hydrogen) atoms. The molecule has 1 heteroatoms. The highest BCUT2D eigenvalue weighted by Gasteiger charge is 2.11. The van der Waals surface area contributed by atoms with Gasteiger partial charge in [0.25, 0.3) is 0 Å². The van der Waals surface area contributed by atoms with Crippen LogP contribution in [0.1, 0.15) is 0 Å². The van der Waals surface area contributed by atoms with Crippen molar-refractivity contribution in [2.45, 2.75) is 0 Å². The van der Waals surface area contributed by atoms with E-state index in [2.05, 4.69) is 103 Å². The normalized spacial score (nSPS) is 11.4. The van der Waals surface area contributed by atoms with Gasteiger partial charge in [0.1, 0.15) is 0 Å². The number of benzene rings is 6. The molecule has 6 rings (SSSR count). The molecule has 0 bridgehead atoms. The maximum Gasteiger partial charge on any atom is 0.0406 e. The summed E-state index contributed by atoms with van der Waals surface area (Å²) in [6, 6.07) is 41.0. The molecule has 0 saturated carbocycles. The first kappa shape index (κ1) is 18.2. The van der Waals surface area contributed by atoms with E-state index < -0.39 is 0 Å². The second-order valence-electron chi connectivity index (χ2n) is 7.94. The molecule has 0 aliphatic carbocycles. The van der Waals surface area contributed by atoms with Crippen LogP contribution in [0.15, 0.2) is 115 Å². The third-order valence-electron chi connectivity index (χ3n) is 6.12. The number of hydrogen-bond donors (Lipinski definition) is 0. The van der Waals surface area contributed by atoms with Crippen molar-refractivity contribution in [1.82, 2.24) is 0 Å². The third-order valence-corrected chi connectivity index (χ3v) is 6.37. The second-order valence-corrected chi connectivity index (χ2v) is 8.38. The van der Waals surface area contributed by atoms with Crippen LogP contribution in [0.5, 0.6) is 0 Å². The van der Waals surface area contributed by atoms with Gasteiger partial charge in [0.15, 0.2) is 0 Å². The van der Waals surface area contributed by atoms with E-state index in [9.17, 15) is 0 Å². The van der Waals surface area contributed by atoms with Gasteiger partial charge in [-0.25, -0.2) is 0 Å². The van der Waals surface area contributed by atoms with Gasteiger partial charge in [-0.15, -0.1) is 0 Å². The minimum absolute atomic E-state index is 0.758. The lowest BCUT2D eigenvalue weighted by atomic mass is 9.90. The van der Waals surface area contributed by atoms with E-state index in [1.807, 2.05) is 12.1 Å². The van der Waals surface area contributed by atoms with Crippen LogP contribution in [-0.2, 0) is 0 Å². The van der Waals surface area contributed by atoms with Crippen molar-refractivity contribution in [1.29, 1.82) is 0 Å². The summed E-state index contributed by atoms with van der Waals surface area (Å²) in [7, 11) is 0. The van der Waals surface area contributed by atoms with E-state index in [1.54, 1.807) is 0 Å². The van der Waals surface area contributed by atoms with E-state index in [1.165, 1.54) is 54.6 Å². The molecule has 0 aliphatic heterocycles. The van der Waals surface area contributed by atoms with Crippen LogP contribution in [0.25, 0.3) is 54.6 Å². The molecule has 6 aromatic carbocycles. The topological polar surface area (TPSA) is 0 Å². The summed E-state index contributed by atoms with van der Waals surface area (Å²) in [5.41, 5.74) is 4.91. The first-order valence-corrected chi connectivity index (χ1v) is 10.9. The Kier molecular flexibility index (Phi) is 4.26. The minimum Gasteiger partial charge on any atom is -0.0843 e. The van der Waals surface area contributed by atoms with Crippen molar-refractivity contribution in [2.75, 3.05) is 0 Å². The fourth-order valence-corrected chi connectivity index (χ4v) is 4.74. The van der Waals surface area contributed by atoms with Crippen LogP contribution in [0, 0.1) is 0 Å². The van der Waals surface area contributed by atoms with Crippen molar-refractivity contribution >= 4 is 43.9 Å². The van der Waals surface area contributed by atoms with Crippen molar-refractivity contribution < 1.29 is 0 Å². The Morgan fingerprint density at radius 1 is 0.387 bits per heavy atom. The molecule has 0 amide bonds. The quantitative estimate of drug-likeness (QED) is 0.248. The zero-order valence-corrected chi connectivity index (χ0v) is 17.6. The number of fused-ring (bicyclic) bond motifs is 4. The van der Waals surface area contributed by atoms with Gasteiger partial charge in [-0.1, -0.05) is 103 Å². The van der Waals surface area contributed by atoms with Gasteiger partial charge < -0.3 is 0 Å². The molecular weight excluding hydrogens is 396 g/mol. The van der Waals surface area contributed by atoms with E-state index in [0.29, 0.717) is 0 Å². The molecule has 0 radical (unpaired) electrons. The fourth-order valence-electron chi connectivity index (χ4n) is 4.62. The molecule has 0 atom stereocenters. The van der Waals surface area contributed by atoms with Crippen molar-refractivity contribution in [3.63, 3.8) is 0 Å². The Hall–Kier alpha value is -3.61. The first-order chi connectivity index (χ1) is 15.3. The summed E-state index contributed by atoms with van der Waals surface area (Å²) in [6.07, 6.45) is 0. The molecule has 0 N–H and O–H groups in total. The first-order valence-electron chi connectivity index (χ1n) is 10.5. The smallest absolute Gasteiger partial charge is 0.0406 e. The minimum atomic E-state index is 0.758. The van der Waals surface area contributed by atoms with E-state index in [0.717, 1.165) is 5.02 Å². The number of rotatable bonds is 2. The van der Waals surface area contributed by atoms with Crippen LogP contribution >= 0.6 is 11.6 Å². The van der Waals surface area contributed by atoms with Crippen LogP contribution < -0.4 is 0 Å². The SMILES string of the molecule is Clc1ccc(-c2ccc3c(c2)cc(-c2cccc4ccccc24)c2ccccc23)cc1. The van der Waals surface area contributed by atoms with E-state index in [-0.39, 0.29) is 0 Å². The summed E-state index contributed by atoms with van der Waals surface area (Å²) in [6.45, 7) is 0. The maximum atomic E-state index is 6.10. The van der Waals surface area contributed by atoms with Gasteiger partial charge in [-0.05, 0) is 78.8 Å². The molecule has 0 nitrogen and oxygen atoms in total. The predicted molar refractivity (Wildman–Crippen MR) is 135 cm³/mol. The third kappa shape index (κ3) is 3.08. The van der Waals surface area contributed by atoms with Crippen LogP contribution in [0.2, 0.25) is 5.02 Å². The lowest BCUT2D eigenvalue weighted by molar-refractivity contribution is 1.64. The molecule has 146 valence electrons. The molecular formula is C30H19Cl. The zero-order chi connectivity index (χ0) is 20.8. The lowest BCUT2D eigenvalue weighted by Gasteiger charge is -2.14. The van der Waals surface area contributed by atoms with Crippen molar-refractivity contribution in [3.05, 3.63) is 120 Å². The monoisotopic (exact) mass is 414 g/mol. The zero-order valence-electron chi connectivity index (χ0n) is 16.8. The van der Waals surface area contributed by atoms with E-state index >= 15 is 0 Å². The predicted octanol–water partition coefficient (Wildman–Crippen LogP) is 9.13. The lowest BCUT2D eigenvalue weighted by Crippen LogP contribution is -1.87. The highest BCUT2D eigenvalue weighted by molar-refractivity contribution is 6.30. The number of hydrogen-bond acceptors (Lipinski definition) is 0. The van der Waals surface area contributed by atoms with Gasteiger partial charge in [0.2, 0.25) is 0 Å². The van der Waals surface area contributed by atoms with Crippen LogP contribution in [0.4, 0.5) is 0 Å². The average Bonchev–Trinajstić information content (AvgIpc) is 2.83. The van der Waals surface area contributed by atoms with Gasteiger partial charge in [-0.3, -0.25) is 0 Å². The Labute approximate surface area is 186 Å². The maximum absolute atomic E-state index is 6.10. The average molecular weight is 415 g/mol. The summed E-state index contributed by atoms with van der Waals surface area (Å²) in [4.78, 5) is 0. The largest absolute Gasteiger partial charge is 0.0843 e. The molecule has 0 fully saturated rings. The van der Waals surface area contributed by atoms with Gasteiger partial charge in [0, 0.05) is 5.02 Å². The summed E-state index contributed by atoms with van der Waals surface area (Å²) in [5, 5.41) is 8.39. The highest BCUT2D eigenvalue weighted by atomic mass is 35.5. The van der Waals surface area contributed by atoms with Crippen LogP contribution in [-0.4, -0.2) is 0 Å². The second kappa shape index (κ2) is 7.27. The van der Waals surface area contributed by atoms with Gasteiger partial charge in [-0.2, -0.15) is 0 Å². The Balaban J connectivity index is 1.67. The van der Waals surface area contributed by atoms with Crippen LogP contribution in [0.3, 0.4) is 0 Å². The fraction of sp³-hybridized carbons (Fsp3) is 0. The number of halogens is 1. The molecule has 0 heterocycles. The van der Waals surface area contributed by atoms with Gasteiger partial charge >= 0.3 is 0 Å². The molecule has 0 unspecified atom stereocenters. The highest BCUT2D eigenvalue weighted by Crippen LogP contribution is 2.39. The van der Waals surface area contributed by atoms with Gasteiger partial charge in [0.05, 0.1) is 0 Å². The van der Waals surface area contributed by atoms with E-state index in [4.69, 9.17) is 11.6 Å². The molecule has 6 aromatic rings. The van der Waals surface area contributed by atoms with Crippen molar-refractivity contribution in [2.24, 2.45) is 0 Å². The summed E-state index contributed by atoms with van der Waals surface area (Å²) >= 11 is 6.10. The molecule has 0 spiro atoms.